The van der Waals surface area contributed by atoms with Gasteiger partial charge in [0, 0.05) is 61.4 Å². The van der Waals surface area contributed by atoms with E-state index in [2.05, 4.69) is 124 Å². The summed E-state index contributed by atoms with van der Waals surface area (Å²) in [4.78, 5) is 9.37. The summed E-state index contributed by atoms with van der Waals surface area (Å²) in [7, 11) is 0. The van der Waals surface area contributed by atoms with Gasteiger partial charge in [-0.2, -0.15) is 0 Å². The van der Waals surface area contributed by atoms with E-state index < -0.39 is 0 Å². The maximum absolute atomic E-state index is 9.08. The van der Waals surface area contributed by atoms with Gasteiger partial charge in [0.1, 0.15) is 5.52 Å². The second-order valence-corrected chi connectivity index (χ2v) is 12.3. The van der Waals surface area contributed by atoms with Crippen LogP contribution >= 0.6 is 0 Å². The molecule has 0 radical (unpaired) electrons. The Balaban J connectivity index is 1.15. The van der Waals surface area contributed by atoms with Crippen molar-refractivity contribution in [3.63, 3.8) is 0 Å². The predicted octanol–water partition coefficient (Wildman–Crippen LogP) is 6.20. The Morgan fingerprint density at radius 1 is 0.680 bits per heavy atom. The molecule has 0 unspecified atom stereocenters. The molecule has 7 rings (SSSR count). The van der Waals surface area contributed by atoms with Gasteiger partial charge in [-0.1, -0.05) is 54.6 Å². The Morgan fingerprint density at radius 2 is 1.40 bits per heavy atom. The fraction of sp³-hybridized carbons (Fsp3) is 0.200. The lowest BCUT2D eigenvalue weighted by Crippen LogP contribution is -2.17. The first-order valence-corrected chi connectivity index (χ1v) is 16.8. The summed E-state index contributed by atoms with van der Waals surface area (Å²) in [6.07, 6.45) is 5.70. The van der Waals surface area contributed by atoms with Crippen molar-refractivity contribution in [2.24, 2.45) is 0 Å². The summed E-state index contributed by atoms with van der Waals surface area (Å²) in [6, 6.07) is 29.3. The first-order chi connectivity index (χ1) is 24.5. The second kappa shape index (κ2) is 14.9. The van der Waals surface area contributed by atoms with Gasteiger partial charge in [0.15, 0.2) is 17.3 Å². The van der Waals surface area contributed by atoms with Crippen LogP contribution in [0.4, 0.5) is 11.5 Å². The van der Waals surface area contributed by atoms with Gasteiger partial charge >= 0.3 is 0 Å². The normalized spacial score (nSPS) is 11.4. The number of rotatable bonds is 13. The van der Waals surface area contributed by atoms with Crippen LogP contribution in [0.1, 0.15) is 22.3 Å². The van der Waals surface area contributed by atoms with E-state index in [1.165, 1.54) is 5.56 Å². The molecule has 0 saturated heterocycles. The maximum atomic E-state index is 9.08. The topological polar surface area (TPSA) is 133 Å². The molecule has 0 atom stereocenters. The molecule has 4 heterocycles. The zero-order valence-electron chi connectivity index (χ0n) is 28.2. The number of hydrogen-bond acceptors (Lipinski definition) is 9. The van der Waals surface area contributed by atoms with Crippen molar-refractivity contribution in [1.82, 2.24) is 35.2 Å². The van der Waals surface area contributed by atoms with E-state index in [0.29, 0.717) is 32.0 Å². The van der Waals surface area contributed by atoms with Crippen molar-refractivity contribution in [2.75, 3.05) is 31.6 Å². The molecule has 50 heavy (non-hydrogen) atoms. The highest BCUT2D eigenvalue weighted by Crippen LogP contribution is 2.37. The molecule has 10 nitrogen and oxygen atoms in total. The standard InChI is InChI=1S/C40H40N8O2/c1-26-33(31-14-18-48-37(22-31)46-47-40(48)30-11-9-28(10-12-30)23-41-16-19-49)5-3-6-34(26)35-7-4-8-36(27(35)2)45-39-38-32(13-15-43-39)21-29(25-44-38)24-42-17-20-50/h3-15,18,21-22,25,41-42,49-50H,16-17,19-20,23-24H2,1-2H3,(H,43,45). The third-order valence-electron chi connectivity index (χ3n) is 9.04. The van der Waals surface area contributed by atoms with Crippen molar-refractivity contribution in [2.45, 2.75) is 26.9 Å². The zero-order chi connectivity index (χ0) is 34.5. The van der Waals surface area contributed by atoms with Crippen molar-refractivity contribution >= 4 is 28.1 Å². The number of nitrogens with zero attached hydrogens (tertiary/aromatic N) is 5. The highest BCUT2D eigenvalue weighted by atomic mass is 16.3. The largest absolute Gasteiger partial charge is 0.395 e. The summed E-state index contributed by atoms with van der Waals surface area (Å²) in [5.41, 5.74) is 12.5. The quantitative estimate of drug-likeness (QED) is 0.0915. The van der Waals surface area contributed by atoms with E-state index >= 15 is 0 Å². The van der Waals surface area contributed by atoms with E-state index in [9.17, 15) is 0 Å². The summed E-state index contributed by atoms with van der Waals surface area (Å²) in [5.74, 6) is 1.49. The van der Waals surface area contributed by atoms with Crippen LogP contribution in [0.2, 0.25) is 0 Å². The minimum absolute atomic E-state index is 0.101. The van der Waals surface area contributed by atoms with Crippen molar-refractivity contribution in [3.05, 3.63) is 126 Å². The molecular formula is C40H40N8O2. The molecule has 10 heteroatoms. The average Bonchev–Trinajstić information content (AvgIpc) is 3.57. The van der Waals surface area contributed by atoms with E-state index in [-0.39, 0.29) is 13.2 Å². The molecule has 0 bridgehead atoms. The summed E-state index contributed by atoms with van der Waals surface area (Å²) in [5, 5.41) is 38.1. The molecule has 252 valence electrons. The predicted molar refractivity (Wildman–Crippen MR) is 199 cm³/mol. The van der Waals surface area contributed by atoms with Crippen LogP contribution in [0, 0.1) is 13.8 Å². The number of pyridine rings is 3. The molecule has 4 aromatic heterocycles. The van der Waals surface area contributed by atoms with Crippen molar-refractivity contribution < 1.29 is 10.2 Å². The lowest BCUT2D eigenvalue weighted by Gasteiger charge is -2.17. The SMILES string of the molecule is Cc1c(Nc2nccc3cc(CNCCO)cnc23)cccc1-c1cccc(-c2ccn3c(-c4ccc(CNCCO)cc4)nnc3c2)c1C. The van der Waals surface area contributed by atoms with Crippen LogP contribution in [0.15, 0.2) is 104 Å². The Hall–Kier alpha value is -5.52. The van der Waals surface area contributed by atoms with E-state index in [4.69, 9.17) is 15.2 Å². The Morgan fingerprint density at radius 3 is 2.18 bits per heavy atom. The number of aromatic nitrogens is 5. The van der Waals surface area contributed by atoms with Gasteiger partial charge < -0.3 is 26.2 Å². The Labute approximate surface area is 290 Å². The molecule has 0 aliphatic carbocycles. The third-order valence-corrected chi connectivity index (χ3v) is 9.04. The van der Waals surface area contributed by atoms with Gasteiger partial charge in [-0.25, -0.2) is 4.98 Å². The Kier molecular flexibility index (Phi) is 9.86. The fourth-order valence-electron chi connectivity index (χ4n) is 6.37. The monoisotopic (exact) mass is 664 g/mol. The van der Waals surface area contributed by atoms with Gasteiger partial charge in [-0.15, -0.1) is 10.2 Å². The maximum Gasteiger partial charge on any atom is 0.168 e. The molecular weight excluding hydrogens is 624 g/mol. The molecule has 0 amide bonds. The molecule has 0 spiro atoms. The van der Waals surface area contributed by atoms with Gasteiger partial charge in [0.25, 0.3) is 0 Å². The van der Waals surface area contributed by atoms with Crippen LogP contribution in [0.25, 0.3) is 50.2 Å². The number of aliphatic hydroxyl groups excluding tert-OH is 2. The molecule has 0 aliphatic rings. The first kappa shape index (κ1) is 33.0. The number of benzene rings is 3. The summed E-state index contributed by atoms with van der Waals surface area (Å²) < 4.78 is 2.02. The van der Waals surface area contributed by atoms with Gasteiger partial charge in [-0.05, 0) is 88.7 Å². The van der Waals surface area contributed by atoms with Crippen molar-refractivity contribution in [1.29, 1.82) is 0 Å². The van der Waals surface area contributed by atoms with Crippen LogP contribution < -0.4 is 16.0 Å². The highest BCUT2D eigenvalue weighted by molar-refractivity contribution is 5.91. The van der Waals surface area contributed by atoms with E-state index in [1.807, 2.05) is 22.9 Å². The number of anilines is 2. The van der Waals surface area contributed by atoms with Crippen molar-refractivity contribution in [3.8, 4) is 33.6 Å². The van der Waals surface area contributed by atoms with Crippen LogP contribution in [-0.4, -0.2) is 61.1 Å². The second-order valence-electron chi connectivity index (χ2n) is 12.3. The third kappa shape index (κ3) is 6.83. The number of aliphatic hydroxyl groups is 2. The molecule has 0 fully saturated rings. The molecule has 7 aromatic rings. The van der Waals surface area contributed by atoms with Crippen LogP contribution in [-0.2, 0) is 13.1 Å². The van der Waals surface area contributed by atoms with E-state index in [0.717, 1.165) is 72.6 Å². The number of nitrogens with one attached hydrogen (secondary N) is 3. The average molecular weight is 665 g/mol. The van der Waals surface area contributed by atoms with Gasteiger partial charge in [0.2, 0.25) is 0 Å². The zero-order valence-corrected chi connectivity index (χ0v) is 28.2. The smallest absolute Gasteiger partial charge is 0.168 e. The van der Waals surface area contributed by atoms with Gasteiger partial charge in [0.05, 0.1) is 13.2 Å². The lowest BCUT2D eigenvalue weighted by molar-refractivity contribution is 0.291. The molecule has 0 aliphatic heterocycles. The molecule has 3 aromatic carbocycles. The van der Waals surface area contributed by atoms with Crippen LogP contribution in [0.3, 0.4) is 0 Å². The highest BCUT2D eigenvalue weighted by Gasteiger charge is 2.15. The number of fused-ring (bicyclic) bond motifs is 2. The first-order valence-electron chi connectivity index (χ1n) is 16.8. The number of hydrogen-bond donors (Lipinski definition) is 5. The van der Waals surface area contributed by atoms with Crippen LogP contribution in [0.5, 0.6) is 0 Å². The fourth-order valence-corrected chi connectivity index (χ4v) is 6.37. The summed E-state index contributed by atoms with van der Waals surface area (Å²) in [6.45, 7) is 6.98. The minimum atomic E-state index is 0.101. The Bertz CT molecular complexity index is 2270. The molecule has 5 N–H and O–H groups in total. The summed E-state index contributed by atoms with van der Waals surface area (Å²) >= 11 is 0. The molecule has 0 saturated carbocycles. The van der Waals surface area contributed by atoms with E-state index in [1.54, 1.807) is 6.20 Å². The lowest BCUT2D eigenvalue weighted by atomic mass is 9.90. The minimum Gasteiger partial charge on any atom is -0.395 e. The van der Waals surface area contributed by atoms with Gasteiger partial charge in [-0.3, -0.25) is 9.38 Å².